The smallest absolute Gasteiger partial charge is 0.307 e. The predicted molar refractivity (Wildman–Crippen MR) is 70.4 cm³/mol. The molecule has 3 fully saturated rings. The Hall–Kier alpha value is -1.06. The molecule has 2 N–H and O–H groups in total. The summed E-state index contributed by atoms with van der Waals surface area (Å²) in [6, 6.07) is 0.226. The van der Waals surface area contributed by atoms with Crippen LogP contribution in [0.2, 0.25) is 0 Å². The van der Waals surface area contributed by atoms with Gasteiger partial charge in [0.2, 0.25) is 5.91 Å². The molecule has 0 aromatic rings. The van der Waals surface area contributed by atoms with Crippen molar-refractivity contribution < 1.29 is 14.7 Å². The van der Waals surface area contributed by atoms with Crippen molar-refractivity contribution in [2.75, 3.05) is 0 Å². The Labute approximate surface area is 113 Å². The summed E-state index contributed by atoms with van der Waals surface area (Å²) in [6.45, 7) is 6.91. The molecule has 3 rings (SSSR count). The molecule has 3 saturated carbocycles. The minimum absolute atomic E-state index is 0.0398. The van der Waals surface area contributed by atoms with E-state index in [1.54, 1.807) is 0 Å². The molecule has 3 unspecified atom stereocenters. The fourth-order valence-electron chi connectivity index (χ4n) is 4.46. The van der Waals surface area contributed by atoms with Crippen molar-refractivity contribution in [1.82, 2.24) is 5.32 Å². The Morgan fingerprint density at radius 1 is 1.16 bits per heavy atom. The average Bonchev–Trinajstić information content (AvgIpc) is 3.05. The van der Waals surface area contributed by atoms with Crippen LogP contribution >= 0.6 is 0 Å². The minimum Gasteiger partial charge on any atom is -0.481 e. The number of fused-ring (bicyclic) bond motifs is 2. The second-order valence-electron chi connectivity index (χ2n) is 7.46. The van der Waals surface area contributed by atoms with E-state index in [1.807, 2.05) is 0 Å². The highest BCUT2D eigenvalue weighted by molar-refractivity contribution is 5.89. The first-order valence-corrected chi connectivity index (χ1v) is 7.30. The van der Waals surface area contributed by atoms with Gasteiger partial charge in [-0.05, 0) is 42.4 Å². The number of nitrogens with one attached hydrogen (secondary N) is 1. The Bertz CT molecular complexity index is 445. The quantitative estimate of drug-likeness (QED) is 0.820. The van der Waals surface area contributed by atoms with Crippen molar-refractivity contribution in [2.45, 2.75) is 52.5 Å². The number of amides is 1. The van der Waals surface area contributed by atoms with Crippen molar-refractivity contribution >= 4 is 11.9 Å². The number of carboxylic acids is 1. The molecule has 19 heavy (non-hydrogen) atoms. The standard InChI is InChI=1S/C15H23NO3/c1-14(2)8-4-5-15(14,3)11(6-8)16-12(17)9-7-10(9)13(18)19/h8-11H,4-7H2,1-3H3,(H,16,17)(H,18,19)/t8?,9-,10+,11?,15?/m1/s1. The number of carbonyl (C=O) groups excluding carboxylic acids is 1. The molecule has 4 heteroatoms. The fraction of sp³-hybridized carbons (Fsp3) is 0.867. The highest BCUT2D eigenvalue weighted by atomic mass is 16.4. The van der Waals surface area contributed by atoms with Crippen LogP contribution in [0.15, 0.2) is 0 Å². The van der Waals surface area contributed by atoms with Gasteiger partial charge < -0.3 is 10.4 Å². The molecule has 4 nitrogen and oxygen atoms in total. The molecule has 0 aliphatic heterocycles. The highest BCUT2D eigenvalue weighted by Crippen LogP contribution is 2.65. The topological polar surface area (TPSA) is 66.4 Å². The van der Waals surface area contributed by atoms with Crippen LogP contribution in [0.1, 0.15) is 46.5 Å². The number of aliphatic carboxylic acids is 1. The molecule has 0 aromatic heterocycles. The van der Waals surface area contributed by atoms with E-state index >= 15 is 0 Å². The van der Waals surface area contributed by atoms with E-state index in [9.17, 15) is 9.59 Å². The lowest BCUT2D eigenvalue weighted by atomic mass is 9.69. The zero-order chi connectivity index (χ0) is 14.0. The van der Waals surface area contributed by atoms with Crippen LogP contribution in [0.5, 0.6) is 0 Å². The number of hydrogen-bond acceptors (Lipinski definition) is 2. The Balaban J connectivity index is 1.67. The second-order valence-corrected chi connectivity index (χ2v) is 7.46. The Kier molecular flexibility index (Phi) is 2.55. The lowest BCUT2D eigenvalue weighted by molar-refractivity contribution is -0.140. The maximum absolute atomic E-state index is 12.1. The first-order chi connectivity index (χ1) is 8.77. The summed E-state index contributed by atoms with van der Waals surface area (Å²) >= 11 is 0. The van der Waals surface area contributed by atoms with E-state index in [2.05, 4.69) is 26.1 Å². The molecule has 5 atom stereocenters. The molecular weight excluding hydrogens is 242 g/mol. The van der Waals surface area contributed by atoms with Crippen LogP contribution in [0.3, 0.4) is 0 Å². The van der Waals surface area contributed by atoms with Crippen LogP contribution in [-0.4, -0.2) is 23.0 Å². The summed E-state index contributed by atoms with van der Waals surface area (Å²) in [7, 11) is 0. The van der Waals surface area contributed by atoms with E-state index < -0.39 is 11.9 Å². The van der Waals surface area contributed by atoms with E-state index in [1.165, 1.54) is 12.8 Å². The normalized spacial score (nSPS) is 46.1. The van der Waals surface area contributed by atoms with E-state index in [0.717, 1.165) is 6.42 Å². The lowest BCUT2D eigenvalue weighted by Gasteiger charge is -2.39. The highest BCUT2D eigenvalue weighted by Gasteiger charge is 2.62. The average molecular weight is 265 g/mol. The molecule has 0 saturated heterocycles. The van der Waals surface area contributed by atoms with Crippen molar-refractivity contribution in [3.63, 3.8) is 0 Å². The zero-order valence-electron chi connectivity index (χ0n) is 11.9. The molecule has 0 spiro atoms. The largest absolute Gasteiger partial charge is 0.481 e. The molecule has 106 valence electrons. The molecule has 3 aliphatic carbocycles. The van der Waals surface area contributed by atoms with Gasteiger partial charge in [-0.1, -0.05) is 20.8 Å². The molecule has 3 aliphatic rings. The van der Waals surface area contributed by atoms with Crippen molar-refractivity contribution in [1.29, 1.82) is 0 Å². The van der Waals surface area contributed by atoms with Crippen LogP contribution in [-0.2, 0) is 9.59 Å². The molecule has 0 aromatic carbocycles. The van der Waals surface area contributed by atoms with E-state index in [0.29, 0.717) is 12.3 Å². The lowest BCUT2D eigenvalue weighted by Crippen LogP contribution is -2.47. The van der Waals surface area contributed by atoms with Gasteiger partial charge >= 0.3 is 5.97 Å². The fourth-order valence-corrected chi connectivity index (χ4v) is 4.46. The van der Waals surface area contributed by atoms with Gasteiger partial charge in [0.25, 0.3) is 0 Å². The van der Waals surface area contributed by atoms with Crippen molar-refractivity contribution in [2.24, 2.45) is 28.6 Å². The maximum Gasteiger partial charge on any atom is 0.307 e. The van der Waals surface area contributed by atoms with Crippen LogP contribution in [0, 0.1) is 28.6 Å². The first kappa shape index (κ1) is 12.9. The monoisotopic (exact) mass is 265 g/mol. The van der Waals surface area contributed by atoms with Gasteiger partial charge in [0.05, 0.1) is 11.8 Å². The summed E-state index contributed by atoms with van der Waals surface area (Å²) in [5.41, 5.74) is 0.446. The van der Waals surface area contributed by atoms with E-state index in [4.69, 9.17) is 5.11 Å². The second kappa shape index (κ2) is 3.74. The third-order valence-corrected chi connectivity index (χ3v) is 6.55. The molecule has 0 radical (unpaired) electrons. The molecular formula is C15H23NO3. The zero-order valence-corrected chi connectivity index (χ0v) is 11.9. The van der Waals surface area contributed by atoms with Gasteiger partial charge in [-0.2, -0.15) is 0 Å². The summed E-state index contributed by atoms with van der Waals surface area (Å²) in [4.78, 5) is 23.0. The number of carbonyl (C=O) groups is 2. The predicted octanol–water partition coefficient (Wildman–Crippen LogP) is 2.04. The number of rotatable bonds is 3. The van der Waals surface area contributed by atoms with Gasteiger partial charge in [0.15, 0.2) is 0 Å². The molecule has 2 bridgehead atoms. The Morgan fingerprint density at radius 3 is 2.26 bits per heavy atom. The summed E-state index contributed by atoms with van der Waals surface area (Å²) in [5, 5.41) is 12.0. The molecule has 0 heterocycles. The summed E-state index contributed by atoms with van der Waals surface area (Å²) in [6.07, 6.45) is 4.00. The number of carboxylic acid groups (broad SMARTS) is 1. The van der Waals surface area contributed by atoms with Crippen LogP contribution < -0.4 is 5.32 Å². The van der Waals surface area contributed by atoms with E-state index in [-0.39, 0.29) is 28.7 Å². The minimum atomic E-state index is -0.834. The van der Waals surface area contributed by atoms with Gasteiger partial charge in [-0.25, -0.2) is 0 Å². The SMILES string of the molecule is CC1(C)C2CCC1(C)C(NC(=O)[C@@H]1C[C@@H]1C(=O)O)C2. The van der Waals surface area contributed by atoms with Gasteiger partial charge in [0, 0.05) is 6.04 Å². The van der Waals surface area contributed by atoms with Crippen LogP contribution in [0.4, 0.5) is 0 Å². The van der Waals surface area contributed by atoms with Crippen molar-refractivity contribution in [3.05, 3.63) is 0 Å². The van der Waals surface area contributed by atoms with Gasteiger partial charge in [0.1, 0.15) is 0 Å². The summed E-state index contributed by atoms with van der Waals surface area (Å²) in [5.74, 6) is -0.915. The van der Waals surface area contributed by atoms with Crippen LogP contribution in [0.25, 0.3) is 0 Å². The Morgan fingerprint density at radius 2 is 1.84 bits per heavy atom. The van der Waals surface area contributed by atoms with Crippen molar-refractivity contribution in [3.8, 4) is 0 Å². The maximum atomic E-state index is 12.1. The first-order valence-electron chi connectivity index (χ1n) is 7.30. The number of hydrogen-bond donors (Lipinski definition) is 2. The third-order valence-electron chi connectivity index (χ3n) is 6.55. The summed E-state index contributed by atoms with van der Waals surface area (Å²) < 4.78 is 0. The van der Waals surface area contributed by atoms with Gasteiger partial charge in [-0.15, -0.1) is 0 Å². The van der Waals surface area contributed by atoms with Gasteiger partial charge in [-0.3, -0.25) is 9.59 Å². The molecule has 1 amide bonds. The third kappa shape index (κ3) is 1.65.